The van der Waals surface area contributed by atoms with E-state index in [-0.39, 0.29) is 0 Å². The van der Waals surface area contributed by atoms with Crippen LogP contribution in [0.2, 0.25) is 0 Å². The predicted octanol–water partition coefficient (Wildman–Crippen LogP) is 3.37. The number of rotatable bonds is 3. The van der Waals surface area contributed by atoms with Crippen molar-refractivity contribution in [3.63, 3.8) is 0 Å². The van der Waals surface area contributed by atoms with Gasteiger partial charge in [0, 0.05) is 12.0 Å². The first-order valence-electron chi connectivity index (χ1n) is 5.17. The van der Waals surface area contributed by atoms with E-state index in [9.17, 15) is 13.6 Å². The van der Waals surface area contributed by atoms with Gasteiger partial charge in [0.15, 0.2) is 0 Å². The standard InChI is InChI=1S/C14H10F2O/c15-13-5-6-14(16)12(8-13)7-10-1-3-11(9-17)4-2-10/h1-6,8-9H,7H2. The molecule has 2 aromatic carbocycles. The number of aldehydes is 1. The average Bonchev–Trinajstić information content (AvgIpc) is 2.35. The van der Waals surface area contributed by atoms with Crippen LogP contribution in [0.25, 0.3) is 0 Å². The Morgan fingerprint density at radius 2 is 1.71 bits per heavy atom. The maximum Gasteiger partial charge on any atom is 0.150 e. The summed E-state index contributed by atoms with van der Waals surface area (Å²) < 4.78 is 26.3. The van der Waals surface area contributed by atoms with Crippen LogP contribution in [0, 0.1) is 11.6 Å². The van der Waals surface area contributed by atoms with Crippen LogP contribution in [-0.2, 0) is 6.42 Å². The van der Waals surface area contributed by atoms with E-state index in [2.05, 4.69) is 0 Å². The van der Waals surface area contributed by atoms with Gasteiger partial charge >= 0.3 is 0 Å². The Morgan fingerprint density at radius 3 is 2.35 bits per heavy atom. The van der Waals surface area contributed by atoms with Gasteiger partial charge in [0.2, 0.25) is 0 Å². The zero-order chi connectivity index (χ0) is 12.3. The van der Waals surface area contributed by atoms with Gasteiger partial charge in [0.25, 0.3) is 0 Å². The third kappa shape index (κ3) is 2.75. The molecule has 0 heterocycles. The van der Waals surface area contributed by atoms with Gasteiger partial charge < -0.3 is 0 Å². The van der Waals surface area contributed by atoms with Crippen LogP contribution in [0.15, 0.2) is 42.5 Å². The quantitative estimate of drug-likeness (QED) is 0.741. The SMILES string of the molecule is O=Cc1ccc(Cc2cc(F)ccc2F)cc1. The fourth-order valence-corrected chi connectivity index (χ4v) is 1.61. The van der Waals surface area contributed by atoms with Crippen LogP contribution in [0.1, 0.15) is 21.5 Å². The highest BCUT2D eigenvalue weighted by molar-refractivity contribution is 5.74. The monoisotopic (exact) mass is 232 g/mol. The van der Waals surface area contributed by atoms with E-state index >= 15 is 0 Å². The lowest BCUT2D eigenvalue weighted by molar-refractivity contribution is 0.112. The zero-order valence-corrected chi connectivity index (χ0v) is 8.99. The van der Waals surface area contributed by atoms with Crippen LogP contribution in [-0.4, -0.2) is 6.29 Å². The molecular weight excluding hydrogens is 222 g/mol. The van der Waals surface area contributed by atoms with Crippen molar-refractivity contribution in [2.24, 2.45) is 0 Å². The summed E-state index contributed by atoms with van der Waals surface area (Å²) in [4.78, 5) is 10.5. The molecule has 0 fully saturated rings. The minimum absolute atomic E-state index is 0.308. The summed E-state index contributed by atoms with van der Waals surface area (Å²) in [5.74, 6) is -0.878. The average molecular weight is 232 g/mol. The van der Waals surface area contributed by atoms with Gasteiger partial charge in [-0.3, -0.25) is 4.79 Å². The molecule has 0 radical (unpaired) electrons. The summed E-state index contributed by atoms with van der Waals surface area (Å²) in [6, 6.07) is 10.2. The van der Waals surface area contributed by atoms with Crippen molar-refractivity contribution < 1.29 is 13.6 Å². The molecule has 0 aromatic heterocycles. The first-order valence-corrected chi connectivity index (χ1v) is 5.17. The molecular formula is C14H10F2O. The normalized spacial score (nSPS) is 10.2. The van der Waals surface area contributed by atoms with Crippen LogP contribution >= 0.6 is 0 Å². The summed E-state index contributed by atoms with van der Waals surface area (Å²) >= 11 is 0. The molecule has 0 amide bonds. The molecule has 0 atom stereocenters. The van der Waals surface area contributed by atoms with E-state index in [1.165, 1.54) is 6.07 Å². The van der Waals surface area contributed by atoms with Crippen molar-refractivity contribution in [2.45, 2.75) is 6.42 Å². The first-order chi connectivity index (χ1) is 8.19. The Balaban J connectivity index is 2.24. The van der Waals surface area contributed by atoms with E-state index in [1.807, 2.05) is 0 Å². The Morgan fingerprint density at radius 1 is 1.00 bits per heavy atom. The predicted molar refractivity (Wildman–Crippen MR) is 61.0 cm³/mol. The second-order valence-corrected chi connectivity index (χ2v) is 3.77. The lowest BCUT2D eigenvalue weighted by atomic mass is 10.0. The Kier molecular flexibility index (Phi) is 3.28. The Bertz CT molecular complexity index is 532. The zero-order valence-electron chi connectivity index (χ0n) is 8.99. The van der Waals surface area contributed by atoms with Gasteiger partial charge in [0.1, 0.15) is 17.9 Å². The van der Waals surface area contributed by atoms with Crippen LogP contribution < -0.4 is 0 Å². The molecule has 0 bridgehead atoms. The number of hydrogen-bond donors (Lipinski definition) is 0. The van der Waals surface area contributed by atoms with Gasteiger partial charge in [-0.05, 0) is 29.3 Å². The van der Waals surface area contributed by atoms with E-state index in [0.29, 0.717) is 17.5 Å². The van der Waals surface area contributed by atoms with Gasteiger partial charge in [-0.1, -0.05) is 24.3 Å². The molecule has 0 aliphatic rings. The molecule has 17 heavy (non-hydrogen) atoms. The third-order valence-corrected chi connectivity index (χ3v) is 2.52. The second kappa shape index (κ2) is 4.87. The van der Waals surface area contributed by atoms with Gasteiger partial charge in [-0.2, -0.15) is 0 Å². The number of benzene rings is 2. The molecule has 1 nitrogen and oxygen atoms in total. The molecule has 0 spiro atoms. The van der Waals surface area contributed by atoms with Crippen LogP contribution in [0.3, 0.4) is 0 Å². The lowest BCUT2D eigenvalue weighted by Crippen LogP contribution is -1.94. The largest absolute Gasteiger partial charge is 0.298 e. The molecule has 0 aliphatic carbocycles. The van der Waals surface area contributed by atoms with E-state index in [1.54, 1.807) is 24.3 Å². The highest BCUT2D eigenvalue weighted by Gasteiger charge is 2.05. The van der Waals surface area contributed by atoms with Crippen molar-refractivity contribution in [3.8, 4) is 0 Å². The molecule has 0 unspecified atom stereocenters. The van der Waals surface area contributed by atoms with E-state index in [4.69, 9.17) is 0 Å². The molecule has 3 heteroatoms. The fraction of sp³-hybridized carbons (Fsp3) is 0.0714. The summed E-state index contributed by atoms with van der Waals surface area (Å²) in [5.41, 5.74) is 1.71. The van der Waals surface area contributed by atoms with E-state index < -0.39 is 11.6 Å². The molecule has 0 saturated carbocycles. The maximum atomic E-state index is 13.4. The minimum Gasteiger partial charge on any atom is -0.298 e. The number of carbonyl (C=O) groups excluding carboxylic acids is 1. The number of halogens is 2. The fourth-order valence-electron chi connectivity index (χ4n) is 1.61. The maximum absolute atomic E-state index is 13.4. The van der Waals surface area contributed by atoms with Crippen molar-refractivity contribution in [1.82, 2.24) is 0 Å². The topological polar surface area (TPSA) is 17.1 Å². The highest BCUT2D eigenvalue weighted by Crippen LogP contribution is 2.15. The molecule has 2 rings (SSSR count). The smallest absolute Gasteiger partial charge is 0.150 e. The first kappa shape index (κ1) is 11.5. The molecule has 2 aromatic rings. The molecule has 0 saturated heterocycles. The van der Waals surface area contributed by atoms with Gasteiger partial charge in [-0.25, -0.2) is 8.78 Å². The van der Waals surface area contributed by atoms with Crippen LogP contribution in [0.4, 0.5) is 8.78 Å². The van der Waals surface area contributed by atoms with Crippen LogP contribution in [0.5, 0.6) is 0 Å². The summed E-state index contributed by atoms with van der Waals surface area (Å²) in [6.45, 7) is 0. The minimum atomic E-state index is -0.453. The second-order valence-electron chi connectivity index (χ2n) is 3.77. The number of hydrogen-bond acceptors (Lipinski definition) is 1. The van der Waals surface area contributed by atoms with Crippen molar-refractivity contribution >= 4 is 6.29 Å². The van der Waals surface area contributed by atoms with Gasteiger partial charge in [-0.15, -0.1) is 0 Å². The molecule has 0 aliphatic heterocycles. The van der Waals surface area contributed by atoms with Crippen molar-refractivity contribution in [3.05, 3.63) is 70.8 Å². The third-order valence-electron chi connectivity index (χ3n) is 2.52. The van der Waals surface area contributed by atoms with Crippen molar-refractivity contribution in [2.75, 3.05) is 0 Å². The Labute approximate surface area is 97.7 Å². The summed E-state index contributed by atoms with van der Waals surface area (Å²) in [6.07, 6.45) is 1.05. The van der Waals surface area contributed by atoms with E-state index in [0.717, 1.165) is 24.0 Å². The highest BCUT2D eigenvalue weighted by atomic mass is 19.1. The van der Waals surface area contributed by atoms with Crippen molar-refractivity contribution in [1.29, 1.82) is 0 Å². The lowest BCUT2D eigenvalue weighted by Gasteiger charge is -2.04. The number of carbonyl (C=O) groups is 1. The molecule has 0 N–H and O–H groups in total. The summed E-state index contributed by atoms with van der Waals surface area (Å²) in [7, 11) is 0. The van der Waals surface area contributed by atoms with Gasteiger partial charge in [0.05, 0.1) is 0 Å². The summed E-state index contributed by atoms with van der Waals surface area (Å²) in [5, 5.41) is 0. The Hall–Kier alpha value is -2.03. The molecule has 86 valence electrons.